The Labute approximate surface area is 257 Å². The van der Waals surface area contributed by atoms with Gasteiger partial charge in [-0.15, -0.1) is 0 Å². The Morgan fingerprint density at radius 1 is 0.619 bits per heavy atom. The maximum absolute atomic E-state index is 13.9. The smallest absolute Gasteiger partial charge is 0.267 e. The molecule has 6 rings (SSSR count). The molecule has 3 aromatic rings. The summed E-state index contributed by atoms with van der Waals surface area (Å²) in [7, 11) is 0. The lowest BCUT2D eigenvalue weighted by Gasteiger charge is -2.27. The minimum Gasteiger partial charge on any atom is -0.267 e. The van der Waals surface area contributed by atoms with E-state index in [0.717, 1.165) is 58.2 Å². The van der Waals surface area contributed by atoms with Crippen molar-refractivity contribution in [2.75, 3.05) is 0 Å². The fourth-order valence-corrected chi connectivity index (χ4v) is 9.98. The number of allylic oxidation sites excluding steroid dienone is 1. The monoisotopic (exact) mass is 618 g/mol. The fraction of sp³-hybridized carbons (Fsp3) is 0.0667. The molecule has 2 amide bonds. The van der Waals surface area contributed by atoms with E-state index in [4.69, 9.17) is 0 Å². The number of hydrogen-bond acceptors (Lipinski definition) is 10. The number of hydrazine groups is 1. The van der Waals surface area contributed by atoms with E-state index in [1.54, 1.807) is 0 Å². The van der Waals surface area contributed by atoms with Gasteiger partial charge in [-0.2, -0.15) is 21.0 Å². The summed E-state index contributed by atoms with van der Waals surface area (Å²) in [6.07, 6.45) is 0. The molecule has 0 unspecified atom stereocenters. The number of fused-ring (bicyclic) bond motifs is 2. The van der Waals surface area contributed by atoms with Crippen molar-refractivity contribution in [3.63, 3.8) is 0 Å². The molecule has 0 atom stereocenters. The van der Waals surface area contributed by atoms with Crippen molar-refractivity contribution in [3.8, 4) is 24.3 Å². The molecule has 0 radical (unpaired) electrons. The molecular formula is C30H14N6O2S4. The number of nitrogens with zero attached hydrogens (tertiary/aromatic N) is 6. The van der Waals surface area contributed by atoms with Gasteiger partial charge in [0.05, 0.1) is 32.7 Å². The van der Waals surface area contributed by atoms with E-state index in [1.165, 1.54) is 10.0 Å². The first kappa shape index (κ1) is 27.6. The standard InChI is InChI=1S/C30H14N6O2S4/c31-11-19(12-32)29-39-23-20(13-33)25-26(21(14-34)24(23)40-29)42-30(41-25)22-27(37)35(15-17-7-3-1-4-8-17)36(28(22)38)16-18-9-5-2-6-10-18/h1-10H,15-16H2. The Bertz CT molecular complexity index is 1790. The largest absolute Gasteiger partial charge is 0.280 e. The zero-order chi connectivity index (χ0) is 29.4. The van der Waals surface area contributed by atoms with Crippen LogP contribution in [0.2, 0.25) is 0 Å². The van der Waals surface area contributed by atoms with Crippen molar-refractivity contribution >= 4 is 58.9 Å². The van der Waals surface area contributed by atoms with Crippen LogP contribution < -0.4 is 0 Å². The summed E-state index contributed by atoms with van der Waals surface area (Å²) in [5.74, 6) is -0.900. The summed E-state index contributed by atoms with van der Waals surface area (Å²) in [6.45, 7) is 0.391. The Balaban J connectivity index is 1.43. The molecule has 0 aliphatic carbocycles. The van der Waals surface area contributed by atoms with E-state index in [0.29, 0.717) is 28.1 Å². The van der Waals surface area contributed by atoms with E-state index in [1.807, 2.05) is 72.8 Å². The third-order valence-electron chi connectivity index (χ3n) is 6.49. The van der Waals surface area contributed by atoms with Gasteiger partial charge in [0, 0.05) is 19.6 Å². The van der Waals surface area contributed by atoms with E-state index < -0.39 is 11.8 Å². The Morgan fingerprint density at radius 2 is 1.02 bits per heavy atom. The SMILES string of the molecule is N#CC(C#N)=C1Sc2c(C#N)c3c(c(C#N)c2S1)SC(=C1C(=O)N(Cc2ccccc2)N(Cc2ccccc2)C1=O)S3. The molecular weight excluding hydrogens is 605 g/mol. The van der Waals surface area contributed by atoms with Crippen molar-refractivity contribution in [1.29, 1.82) is 21.0 Å². The van der Waals surface area contributed by atoms with Crippen LogP contribution in [0, 0.1) is 45.3 Å². The molecule has 0 saturated carbocycles. The lowest BCUT2D eigenvalue weighted by atomic mass is 10.1. The summed E-state index contributed by atoms with van der Waals surface area (Å²) in [6, 6.07) is 27.0. The number of hydrogen-bond donors (Lipinski definition) is 0. The van der Waals surface area contributed by atoms with Crippen molar-refractivity contribution < 1.29 is 9.59 Å². The number of amides is 2. The molecule has 1 saturated heterocycles. The molecule has 8 nitrogen and oxygen atoms in total. The number of carbonyl (C=O) groups excluding carboxylic acids is 2. The average molecular weight is 619 g/mol. The van der Waals surface area contributed by atoms with Gasteiger partial charge >= 0.3 is 0 Å². The topological polar surface area (TPSA) is 136 Å². The number of carbonyl (C=O) groups is 2. The Morgan fingerprint density at radius 3 is 1.40 bits per heavy atom. The number of nitriles is 4. The van der Waals surface area contributed by atoms with Crippen molar-refractivity contribution in [2.45, 2.75) is 32.7 Å². The molecule has 0 aromatic heterocycles. The van der Waals surface area contributed by atoms with E-state index in [2.05, 4.69) is 12.1 Å². The molecule has 42 heavy (non-hydrogen) atoms. The third-order valence-corrected chi connectivity index (χ3v) is 11.8. The van der Waals surface area contributed by atoms with Gasteiger partial charge in [-0.3, -0.25) is 9.59 Å². The predicted molar refractivity (Wildman–Crippen MR) is 159 cm³/mol. The van der Waals surface area contributed by atoms with Crippen LogP contribution in [0.4, 0.5) is 0 Å². The first-order valence-corrected chi connectivity index (χ1v) is 15.5. The molecule has 0 bridgehead atoms. The molecule has 0 N–H and O–H groups in total. The van der Waals surface area contributed by atoms with Crippen LogP contribution in [0.15, 0.2) is 99.9 Å². The Hall–Kier alpha value is -4.56. The number of thioether (sulfide) groups is 4. The van der Waals surface area contributed by atoms with Gasteiger partial charge in [0.15, 0.2) is 0 Å². The van der Waals surface area contributed by atoms with Crippen LogP contribution in [-0.4, -0.2) is 21.8 Å². The van der Waals surface area contributed by atoms with Crippen LogP contribution in [0.1, 0.15) is 22.3 Å². The van der Waals surface area contributed by atoms with Crippen molar-refractivity contribution in [1.82, 2.24) is 10.0 Å². The molecule has 3 aliphatic rings. The molecule has 0 spiro atoms. The lowest BCUT2D eigenvalue weighted by molar-refractivity contribution is -0.149. The number of rotatable bonds is 4. The quantitative estimate of drug-likeness (QED) is 0.187. The minimum atomic E-state index is -0.450. The van der Waals surface area contributed by atoms with E-state index in [9.17, 15) is 30.6 Å². The van der Waals surface area contributed by atoms with Gasteiger partial charge in [-0.25, -0.2) is 10.0 Å². The third kappa shape index (κ3) is 4.61. The summed E-state index contributed by atoms with van der Waals surface area (Å²) in [5, 5.41) is 41.9. The first-order valence-electron chi connectivity index (χ1n) is 12.2. The highest BCUT2D eigenvalue weighted by atomic mass is 32.2. The maximum atomic E-state index is 13.9. The molecule has 3 aliphatic heterocycles. The molecule has 200 valence electrons. The van der Waals surface area contributed by atoms with Gasteiger partial charge in [0.1, 0.15) is 35.4 Å². The maximum Gasteiger partial charge on any atom is 0.280 e. The second-order valence-corrected chi connectivity index (χ2v) is 13.5. The highest BCUT2D eigenvalue weighted by Crippen LogP contribution is 2.63. The van der Waals surface area contributed by atoms with Crippen LogP contribution in [0.3, 0.4) is 0 Å². The summed E-state index contributed by atoms with van der Waals surface area (Å²) < 4.78 is 0.820. The van der Waals surface area contributed by atoms with Gasteiger partial charge in [-0.05, 0) is 11.1 Å². The molecule has 12 heteroatoms. The highest BCUT2D eigenvalue weighted by molar-refractivity contribution is 8.25. The molecule has 3 heterocycles. The Kier molecular flexibility index (Phi) is 7.47. The van der Waals surface area contributed by atoms with Crippen LogP contribution in [-0.2, 0) is 22.7 Å². The first-order chi connectivity index (χ1) is 20.5. The lowest BCUT2D eigenvalue weighted by Crippen LogP contribution is -2.39. The van der Waals surface area contributed by atoms with Gasteiger partial charge in [0.2, 0.25) is 0 Å². The predicted octanol–water partition coefficient (Wildman–Crippen LogP) is 6.28. The van der Waals surface area contributed by atoms with Crippen LogP contribution >= 0.6 is 47.0 Å². The molecule has 3 aromatic carbocycles. The van der Waals surface area contributed by atoms with E-state index in [-0.39, 0.29) is 35.4 Å². The zero-order valence-corrected chi connectivity index (χ0v) is 24.6. The van der Waals surface area contributed by atoms with Crippen molar-refractivity contribution in [3.05, 3.63) is 103 Å². The average Bonchev–Trinajstić information content (AvgIpc) is 3.69. The fourth-order valence-electron chi connectivity index (χ4n) is 4.56. The second kappa shape index (κ2) is 11.4. The van der Waals surface area contributed by atoms with E-state index >= 15 is 0 Å². The van der Waals surface area contributed by atoms with Gasteiger partial charge in [0.25, 0.3) is 11.8 Å². The normalized spacial score (nSPS) is 15.2. The summed E-state index contributed by atoms with van der Waals surface area (Å²) in [4.78, 5) is 29.8. The van der Waals surface area contributed by atoms with Crippen LogP contribution in [0.5, 0.6) is 0 Å². The van der Waals surface area contributed by atoms with Gasteiger partial charge < -0.3 is 0 Å². The van der Waals surface area contributed by atoms with Crippen LogP contribution in [0.25, 0.3) is 0 Å². The summed E-state index contributed by atoms with van der Waals surface area (Å²) >= 11 is 4.49. The van der Waals surface area contributed by atoms with Gasteiger partial charge in [-0.1, -0.05) is 108 Å². The van der Waals surface area contributed by atoms with Crippen molar-refractivity contribution in [2.24, 2.45) is 0 Å². The zero-order valence-electron chi connectivity index (χ0n) is 21.3. The highest BCUT2D eigenvalue weighted by Gasteiger charge is 2.46. The minimum absolute atomic E-state index is 0.00172. The number of benzene rings is 3. The molecule has 1 fully saturated rings. The summed E-state index contributed by atoms with van der Waals surface area (Å²) in [5.41, 5.74) is 2.21. The second-order valence-electron chi connectivity index (χ2n) is 8.94.